The van der Waals surface area contributed by atoms with E-state index in [2.05, 4.69) is 53.8 Å². The Morgan fingerprint density at radius 3 is 2.84 bits per heavy atom. The number of ketones is 1. The van der Waals surface area contributed by atoms with Gasteiger partial charge in [0.05, 0.1) is 5.41 Å². The maximum atomic E-state index is 13.2. The Labute approximate surface area is 149 Å². The quantitative estimate of drug-likeness (QED) is 0.907. The fourth-order valence-electron chi connectivity index (χ4n) is 5.72. The SMILES string of the molecule is O=C1CCC[C@H]2[C@H]3Cc4ccc(Cc5ccccc5)cc4[C@@]12CCN3. The molecule has 1 saturated heterocycles. The summed E-state index contributed by atoms with van der Waals surface area (Å²) in [5.41, 5.74) is 5.25. The summed E-state index contributed by atoms with van der Waals surface area (Å²) < 4.78 is 0. The second kappa shape index (κ2) is 5.81. The van der Waals surface area contributed by atoms with Crippen molar-refractivity contribution in [2.24, 2.45) is 5.92 Å². The van der Waals surface area contributed by atoms with Crippen molar-refractivity contribution in [3.05, 3.63) is 70.8 Å². The van der Waals surface area contributed by atoms with Gasteiger partial charge in [0.15, 0.2) is 0 Å². The van der Waals surface area contributed by atoms with Crippen molar-refractivity contribution >= 4 is 5.78 Å². The highest BCUT2D eigenvalue weighted by Crippen LogP contribution is 2.52. The van der Waals surface area contributed by atoms with E-state index in [0.717, 1.165) is 38.6 Å². The van der Waals surface area contributed by atoms with Gasteiger partial charge in [0.1, 0.15) is 5.78 Å². The van der Waals surface area contributed by atoms with Gasteiger partial charge in [-0.2, -0.15) is 0 Å². The molecule has 2 bridgehead atoms. The summed E-state index contributed by atoms with van der Waals surface area (Å²) in [5, 5.41) is 3.71. The Morgan fingerprint density at radius 1 is 1.08 bits per heavy atom. The highest BCUT2D eigenvalue weighted by Gasteiger charge is 2.56. The number of fused-ring (bicyclic) bond motifs is 1. The average molecular weight is 331 g/mol. The van der Waals surface area contributed by atoms with Crippen LogP contribution in [-0.2, 0) is 23.1 Å². The van der Waals surface area contributed by atoms with E-state index in [1.54, 1.807) is 0 Å². The van der Waals surface area contributed by atoms with Gasteiger partial charge in [-0.05, 0) is 66.8 Å². The standard InChI is InChI=1S/C23H25NO/c25-22-8-4-7-19-21-15-18-10-9-17(13-16-5-2-1-3-6-16)14-20(18)23(19,22)11-12-24-21/h1-3,5-6,9-10,14,19,21,24H,4,7-8,11-13,15H2/t19-,21+,23-/m0/s1. The number of hydrogen-bond acceptors (Lipinski definition) is 2. The van der Waals surface area contributed by atoms with Crippen LogP contribution in [0.4, 0.5) is 0 Å². The first-order valence-corrected chi connectivity index (χ1v) is 9.70. The van der Waals surface area contributed by atoms with Crippen LogP contribution in [0.15, 0.2) is 48.5 Å². The third-order valence-corrected chi connectivity index (χ3v) is 6.81. The van der Waals surface area contributed by atoms with Gasteiger partial charge < -0.3 is 5.32 Å². The van der Waals surface area contributed by atoms with Crippen LogP contribution in [0, 0.1) is 5.92 Å². The predicted octanol–water partition coefficient (Wildman–Crippen LogP) is 3.80. The molecule has 0 unspecified atom stereocenters. The minimum atomic E-state index is -0.200. The molecule has 3 atom stereocenters. The lowest BCUT2D eigenvalue weighted by molar-refractivity contribution is -0.132. The van der Waals surface area contributed by atoms with Crippen LogP contribution in [-0.4, -0.2) is 18.4 Å². The number of piperidine rings is 1. The number of rotatable bonds is 2. The summed E-state index contributed by atoms with van der Waals surface area (Å²) in [4.78, 5) is 13.2. The number of carbonyl (C=O) groups excluding carboxylic acids is 1. The molecule has 0 aromatic heterocycles. The first-order valence-electron chi connectivity index (χ1n) is 9.70. The molecule has 25 heavy (non-hydrogen) atoms. The van der Waals surface area contributed by atoms with Crippen LogP contribution in [0.2, 0.25) is 0 Å². The van der Waals surface area contributed by atoms with Gasteiger partial charge in [-0.1, -0.05) is 48.5 Å². The third kappa shape index (κ3) is 2.31. The minimum Gasteiger partial charge on any atom is -0.313 e. The second-order valence-electron chi connectivity index (χ2n) is 8.06. The molecule has 0 spiro atoms. The third-order valence-electron chi connectivity index (χ3n) is 6.81. The van der Waals surface area contributed by atoms with Gasteiger partial charge in [0.2, 0.25) is 0 Å². The lowest BCUT2D eigenvalue weighted by Gasteiger charge is -2.54. The molecule has 2 aromatic carbocycles. The Morgan fingerprint density at radius 2 is 1.96 bits per heavy atom. The molecule has 2 nitrogen and oxygen atoms in total. The Balaban J connectivity index is 1.60. The van der Waals surface area contributed by atoms with Crippen molar-refractivity contribution in [1.29, 1.82) is 0 Å². The van der Waals surface area contributed by atoms with Crippen molar-refractivity contribution in [2.45, 2.75) is 50.0 Å². The second-order valence-corrected chi connectivity index (χ2v) is 8.06. The fourth-order valence-corrected chi connectivity index (χ4v) is 5.72. The molecule has 2 heteroatoms. The lowest BCUT2D eigenvalue weighted by Crippen LogP contribution is -2.62. The van der Waals surface area contributed by atoms with Crippen LogP contribution in [0.25, 0.3) is 0 Å². The number of carbonyl (C=O) groups is 1. The van der Waals surface area contributed by atoms with E-state index in [9.17, 15) is 4.79 Å². The van der Waals surface area contributed by atoms with Crippen LogP contribution in [0.1, 0.15) is 47.9 Å². The summed E-state index contributed by atoms with van der Waals surface area (Å²) in [5.74, 6) is 1.01. The highest BCUT2D eigenvalue weighted by molar-refractivity contribution is 5.92. The monoisotopic (exact) mass is 331 g/mol. The molecule has 5 rings (SSSR count). The Hall–Kier alpha value is -1.93. The van der Waals surface area contributed by atoms with Crippen LogP contribution in [0.5, 0.6) is 0 Å². The number of nitrogens with one attached hydrogen (secondary N) is 1. The maximum Gasteiger partial charge on any atom is 0.143 e. The van der Waals surface area contributed by atoms with E-state index in [-0.39, 0.29) is 5.41 Å². The Kier molecular flexibility index (Phi) is 3.56. The van der Waals surface area contributed by atoms with Crippen molar-refractivity contribution in [3.8, 4) is 0 Å². The van der Waals surface area contributed by atoms with E-state index in [0.29, 0.717) is 17.7 Å². The zero-order valence-corrected chi connectivity index (χ0v) is 14.6. The molecular formula is C23H25NO. The summed E-state index contributed by atoms with van der Waals surface area (Å²) in [6, 6.07) is 18.1. The van der Waals surface area contributed by atoms with Crippen LogP contribution >= 0.6 is 0 Å². The van der Waals surface area contributed by atoms with Crippen molar-refractivity contribution in [1.82, 2.24) is 5.32 Å². The average Bonchev–Trinajstić information content (AvgIpc) is 2.64. The lowest BCUT2D eigenvalue weighted by atomic mass is 9.52. The largest absolute Gasteiger partial charge is 0.313 e. The van der Waals surface area contributed by atoms with E-state index < -0.39 is 0 Å². The molecule has 1 aliphatic heterocycles. The molecule has 1 heterocycles. The maximum absolute atomic E-state index is 13.2. The van der Waals surface area contributed by atoms with Gasteiger partial charge in [-0.3, -0.25) is 4.79 Å². The predicted molar refractivity (Wildman–Crippen MR) is 99.8 cm³/mol. The van der Waals surface area contributed by atoms with E-state index in [1.807, 2.05) is 0 Å². The zero-order valence-electron chi connectivity index (χ0n) is 14.6. The van der Waals surface area contributed by atoms with E-state index in [4.69, 9.17) is 0 Å². The fraction of sp³-hybridized carbons (Fsp3) is 0.435. The van der Waals surface area contributed by atoms with E-state index >= 15 is 0 Å². The van der Waals surface area contributed by atoms with Gasteiger partial charge in [-0.25, -0.2) is 0 Å². The smallest absolute Gasteiger partial charge is 0.143 e. The first kappa shape index (κ1) is 15.3. The molecule has 0 radical (unpaired) electrons. The topological polar surface area (TPSA) is 29.1 Å². The first-order chi connectivity index (χ1) is 12.3. The van der Waals surface area contributed by atoms with Crippen molar-refractivity contribution < 1.29 is 4.79 Å². The summed E-state index contributed by atoms with van der Waals surface area (Å²) >= 11 is 0. The van der Waals surface area contributed by atoms with Gasteiger partial charge in [0, 0.05) is 12.5 Å². The molecule has 1 saturated carbocycles. The molecule has 2 aliphatic carbocycles. The highest BCUT2D eigenvalue weighted by atomic mass is 16.1. The molecule has 2 aromatic rings. The molecule has 2 fully saturated rings. The number of benzene rings is 2. The Bertz CT molecular complexity index is 812. The van der Waals surface area contributed by atoms with Crippen molar-refractivity contribution in [2.75, 3.05) is 6.54 Å². The molecule has 3 aliphatic rings. The summed E-state index contributed by atoms with van der Waals surface area (Å²) in [6.07, 6.45) is 6.06. The zero-order chi connectivity index (χ0) is 16.9. The molecule has 128 valence electrons. The summed E-state index contributed by atoms with van der Waals surface area (Å²) in [7, 11) is 0. The van der Waals surface area contributed by atoms with Gasteiger partial charge >= 0.3 is 0 Å². The molecule has 1 N–H and O–H groups in total. The minimum absolute atomic E-state index is 0.200. The van der Waals surface area contributed by atoms with Crippen molar-refractivity contribution in [3.63, 3.8) is 0 Å². The molecule has 0 amide bonds. The van der Waals surface area contributed by atoms with Gasteiger partial charge in [-0.15, -0.1) is 0 Å². The number of Topliss-reactive ketones (excluding diaryl/α,β-unsaturated/α-hetero) is 1. The summed E-state index contributed by atoms with van der Waals surface area (Å²) in [6.45, 7) is 0.981. The normalized spacial score (nSPS) is 30.5. The van der Waals surface area contributed by atoms with Gasteiger partial charge in [0.25, 0.3) is 0 Å². The van der Waals surface area contributed by atoms with E-state index in [1.165, 1.54) is 28.7 Å². The van der Waals surface area contributed by atoms with Crippen LogP contribution in [0.3, 0.4) is 0 Å². The molecular weight excluding hydrogens is 306 g/mol. The number of hydrogen-bond donors (Lipinski definition) is 1. The van der Waals surface area contributed by atoms with Crippen LogP contribution < -0.4 is 5.32 Å².